The Balaban J connectivity index is 3.53. The van der Waals surface area contributed by atoms with Gasteiger partial charge in [0, 0.05) is 18.5 Å². The second-order valence-electron chi connectivity index (χ2n) is 11.5. The number of phenolic OH excluding ortho intramolecular Hbond substituents is 1. The van der Waals surface area contributed by atoms with Crippen LogP contribution in [0.3, 0.4) is 0 Å². The van der Waals surface area contributed by atoms with Crippen molar-refractivity contribution >= 4 is 23.8 Å². The van der Waals surface area contributed by atoms with Gasteiger partial charge in [-0.2, -0.15) is 0 Å². The molecular formula is C28H46N4O6. The monoisotopic (exact) mass is 534 g/mol. The van der Waals surface area contributed by atoms with E-state index in [1.807, 2.05) is 20.8 Å². The van der Waals surface area contributed by atoms with Gasteiger partial charge in [0.2, 0.25) is 17.7 Å². The predicted octanol–water partition coefficient (Wildman–Crippen LogP) is 3.92. The maximum Gasteiger partial charge on any atom is 0.408 e. The Labute approximate surface area is 226 Å². The third kappa shape index (κ3) is 12.3. The number of primary amides is 1. The Morgan fingerprint density at radius 2 is 1.71 bits per heavy atom. The van der Waals surface area contributed by atoms with Crippen molar-refractivity contribution in [2.75, 3.05) is 6.54 Å². The second-order valence-corrected chi connectivity index (χ2v) is 11.5. The van der Waals surface area contributed by atoms with Crippen LogP contribution in [0, 0.1) is 0 Å². The van der Waals surface area contributed by atoms with Gasteiger partial charge >= 0.3 is 6.09 Å². The average molecular weight is 535 g/mol. The molecule has 2 atom stereocenters. The number of alkyl carbamates (subject to hydrolysis) is 1. The van der Waals surface area contributed by atoms with Crippen molar-refractivity contribution in [1.82, 2.24) is 15.5 Å². The fraction of sp³-hybridized carbons (Fsp3) is 0.643. The molecule has 5 N–H and O–H groups in total. The Morgan fingerprint density at radius 1 is 1.05 bits per heavy atom. The van der Waals surface area contributed by atoms with Crippen LogP contribution in [0.15, 0.2) is 24.3 Å². The maximum absolute atomic E-state index is 14.1. The molecule has 0 radical (unpaired) electrons. The normalized spacial score (nSPS) is 13.2. The van der Waals surface area contributed by atoms with E-state index in [9.17, 15) is 24.3 Å². The predicted molar refractivity (Wildman–Crippen MR) is 146 cm³/mol. The summed E-state index contributed by atoms with van der Waals surface area (Å²) in [6, 6.07) is 3.94. The number of ether oxygens (including phenoxy) is 1. The Morgan fingerprint density at radius 3 is 2.24 bits per heavy atom. The quantitative estimate of drug-likeness (QED) is 0.282. The molecule has 0 aliphatic rings. The van der Waals surface area contributed by atoms with E-state index in [-0.39, 0.29) is 25.1 Å². The first-order chi connectivity index (χ1) is 17.5. The minimum absolute atomic E-state index is 0.0494. The van der Waals surface area contributed by atoms with Crippen molar-refractivity contribution < 1.29 is 29.0 Å². The molecule has 2 unspecified atom stereocenters. The Hall–Kier alpha value is -3.30. The van der Waals surface area contributed by atoms with E-state index in [0.29, 0.717) is 12.0 Å². The molecule has 10 nitrogen and oxygen atoms in total. The number of nitrogens with one attached hydrogen (secondary N) is 2. The number of hydrogen-bond acceptors (Lipinski definition) is 6. The lowest BCUT2D eigenvalue weighted by Gasteiger charge is -2.36. The molecule has 0 saturated carbocycles. The van der Waals surface area contributed by atoms with Gasteiger partial charge in [-0.15, -0.1) is 0 Å². The smallest absolute Gasteiger partial charge is 0.408 e. The first-order valence-corrected chi connectivity index (χ1v) is 13.2. The summed E-state index contributed by atoms with van der Waals surface area (Å²) in [5, 5.41) is 15.7. The molecule has 0 aromatic heterocycles. The lowest BCUT2D eigenvalue weighted by molar-refractivity contribution is -0.143. The summed E-state index contributed by atoms with van der Waals surface area (Å²) in [6.45, 7) is 12.9. The summed E-state index contributed by atoms with van der Waals surface area (Å²) in [5.41, 5.74) is 4.36. The first kappa shape index (κ1) is 32.7. The Kier molecular flexibility index (Phi) is 12.6. The number of carbonyl (C=O) groups excluding carboxylic acids is 4. The lowest BCUT2D eigenvalue weighted by atomic mass is 9.99. The molecule has 38 heavy (non-hydrogen) atoms. The van der Waals surface area contributed by atoms with Gasteiger partial charge < -0.3 is 31.1 Å². The van der Waals surface area contributed by atoms with E-state index >= 15 is 0 Å². The van der Waals surface area contributed by atoms with Crippen molar-refractivity contribution in [1.29, 1.82) is 0 Å². The molecule has 214 valence electrons. The van der Waals surface area contributed by atoms with E-state index in [4.69, 9.17) is 10.5 Å². The van der Waals surface area contributed by atoms with Crippen molar-refractivity contribution in [3.05, 3.63) is 29.8 Å². The zero-order chi connectivity index (χ0) is 29.1. The van der Waals surface area contributed by atoms with Crippen LogP contribution in [0.25, 0.3) is 0 Å². The van der Waals surface area contributed by atoms with Crippen LogP contribution in [0.1, 0.15) is 98.6 Å². The molecule has 0 saturated heterocycles. The van der Waals surface area contributed by atoms with Gasteiger partial charge in [0.15, 0.2) is 0 Å². The fourth-order valence-corrected chi connectivity index (χ4v) is 3.88. The molecule has 1 aromatic rings. The third-order valence-electron chi connectivity index (χ3n) is 5.45. The molecule has 0 aliphatic heterocycles. The summed E-state index contributed by atoms with van der Waals surface area (Å²) >= 11 is 0. The van der Waals surface area contributed by atoms with Gasteiger partial charge in [-0.3, -0.25) is 14.4 Å². The molecule has 4 amide bonds. The van der Waals surface area contributed by atoms with Crippen molar-refractivity contribution in [3.8, 4) is 5.75 Å². The number of carbonyl (C=O) groups is 4. The first-order valence-electron chi connectivity index (χ1n) is 13.2. The molecule has 0 aliphatic carbocycles. The number of amides is 4. The third-order valence-corrected chi connectivity index (χ3v) is 5.45. The minimum atomic E-state index is -1.16. The summed E-state index contributed by atoms with van der Waals surface area (Å²) in [7, 11) is 0. The van der Waals surface area contributed by atoms with Crippen molar-refractivity contribution in [2.45, 2.75) is 110 Å². The highest BCUT2D eigenvalue weighted by atomic mass is 16.6. The maximum atomic E-state index is 14.1. The van der Waals surface area contributed by atoms with Crippen LogP contribution in [0.4, 0.5) is 4.79 Å². The topological polar surface area (TPSA) is 151 Å². The number of aromatic hydroxyl groups is 1. The van der Waals surface area contributed by atoms with Gasteiger partial charge in [0.25, 0.3) is 0 Å². The highest BCUT2D eigenvalue weighted by Crippen LogP contribution is 2.27. The highest BCUT2D eigenvalue weighted by Gasteiger charge is 2.37. The second kappa shape index (κ2) is 14.6. The van der Waals surface area contributed by atoms with Gasteiger partial charge in [-0.25, -0.2) is 4.79 Å². The Bertz CT molecular complexity index is 951. The molecule has 10 heteroatoms. The standard InChI is InChI=1S/C28H46N4O6/c1-8-9-10-11-17-32(23(24(35)31-27(2,3)4)19-13-12-14-20(33)18-19)25(36)21(15-16-22(29)34)30-26(37)38-28(5,6)7/h12-14,18,21,23,33H,8-11,15-17H2,1-7H3,(H2,29,34)(H,30,37)(H,31,35). The summed E-state index contributed by atoms with van der Waals surface area (Å²) < 4.78 is 5.34. The van der Waals surface area contributed by atoms with Crippen LogP contribution in [-0.4, -0.2) is 57.5 Å². The van der Waals surface area contributed by atoms with Crippen LogP contribution < -0.4 is 16.4 Å². The number of rotatable bonds is 13. The van der Waals surface area contributed by atoms with Crippen molar-refractivity contribution in [2.24, 2.45) is 5.73 Å². The van der Waals surface area contributed by atoms with E-state index in [1.54, 1.807) is 32.9 Å². The van der Waals surface area contributed by atoms with E-state index in [2.05, 4.69) is 17.6 Å². The summed E-state index contributed by atoms with van der Waals surface area (Å²) in [6.07, 6.45) is 2.35. The highest BCUT2D eigenvalue weighted by molar-refractivity contribution is 5.92. The van der Waals surface area contributed by atoms with Crippen LogP contribution in [-0.2, 0) is 19.1 Å². The molecule has 0 heterocycles. The summed E-state index contributed by atoms with van der Waals surface area (Å²) in [5.74, 6) is -1.66. The fourth-order valence-electron chi connectivity index (χ4n) is 3.88. The van der Waals surface area contributed by atoms with E-state index in [0.717, 1.165) is 19.3 Å². The number of benzene rings is 1. The van der Waals surface area contributed by atoms with Gasteiger partial charge in [-0.1, -0.05) is 38.3 Å². The SMILES string of the molecule is CCCCCCN(C(=O)C(CCC(N)=O)NC(=O)OC(C)(C)C)C(C(=O)NC(C)(C)C)c1cccc(O)c1. The summed E-state index contributed by atoms with van der Waals surface area (Å²) in [4.78, 5) is 53.3. The number of unbranched alkanes of at least 4 members (excludes halogenated alkanes) is 3. The number of nitrogens with zero attached hydrogens (tertiary/aromatic N) is 1. The number of nitrogens with two attached hydrogens (primary N) is 1. The molecule has 1 rings (SSSR count). The molecule has 1 aromatic carbocycles. The van der Waals surface area contributed by atoms with Crippen LogP contribution in [0.5, 0.6) is 5.75 Å². The largest absolute Gasteiger partial charge is 0.508 e. The van der Waals surface area contributed by atoms with Gasteiger partial charge in [0.05, 0.1) is 0 Å². The van der Waals surface area contributed by atoms with E-state index in [1.165, 1.54) is 17.0 Å². The van der Waals surface area contributed by atoms with Gasteiger partial charge in [-0.05, 0) is 72.1 Å². The molecule has 0 fully saturated rings. The minimum Gasteiger partial charge on any atom is -0.508 e. The zero-order valence-electron chi connectivity index (χ0n) is 23.9. The van der Waals surface area contributed by atoms with Crippen LogP contribution >= 0.6 is 0 Å². The van der Waals surface area contributed by atoms with Gasteiger partial charge in [0.1, 0.15) is 23.4 Å². The molecular weight excluding hydrogens is 488 g/mol. The molecule has 0 spiro atoms. The number of hydrogen-bond donors (Lipinski definition) is 4. The zero-order valence-corrected chi connectivity index (χ0v) is 23.9. The molecule has 0 bridgehead atoms. The van der Waals surface area contributed by atoms with Crippen molar-refractivity contribution in [3.63, 3.8) is 0 Å². The van der Waals surface area contributed by atoms with E-state index < -0.39 is 47.0 Å². The van der Waals surface area contributed by atoms with Crippen LogP contribution in [0.2, 0.25) is 0 Å². The average Bonchev–Trinajstić information content (AvgIpc) is 2.75. The number of phenols is 1. The lowest BCUT2D eigenvalue weighted by Crippen LogP contribution is -2.55.